The molecule has 2 heterocycles. The van der Waals surface area contributed by atoms with E-state index >= 15 is 0 Å². The maximum absolute atomic E-state index is 12.9. The molecule has 0 aliphatic heterocycles. The Morgan fingerprint density at radius 1 is 1.29 bits per heavy atom. The number of amides is 1. The fraction of sp³-hybridized carbons (Fsp3) is 0.526. The highest BCUT2D eigenvalue weighted by molar-refractivity contribution is 5.76. The largest absolute Gasteiger partial charge is 0.334 e. The monoisotopic (exact) mass is 326 g/mol. The van der Waals surface area contributed by atoms with Gasteiger partial charge in [-0.3, -0.25) is 14.5 Å². The quantitative estimate of drug-likeness (QED) is 0.819. The summed E-state index contributed by atoms with van der Waals surface area (Å²) >= 11 is 0. The summed E-state index contributed by atoms with van der Waals surface area (Å²) in [6.45, 7) is 0.622. The van der Waals surface area contributed by atoms with Gasteiger partial charge in [0.05, 0.1) is 18.4 Å². The standard InChI is InChI=1S/C19H26N4O/c1-22-14-16(13-21-22)10-11-19(24)23(18-8-3-2-4-9-18)15-17-7-5-6-12-20-17/h5-7,12-14,18H,2-4,8-11,15H2,1H3. The number of nitrogens with zero attached hydrogens (tertiary/aromatic N) is 4. The van der Waals surface area contributed by atoms with Crippen LogP contribution >= 0.6 is 0 Å². The van der Waals surface area contributed by atoms with Crippen LogP contribution in [0.2, 0.25) is 0 Å². The van der Waals surface area contributed by atoms with E-state index in [9.17, 15) is 4.79 Å². The van der Waals surface area contributed by atoms with Gasteiger partial charge in [0.25, 0.3) is 0 Å². The van der Waals surface area contributed by atoms with Crippen molar-refractivity contribution in [1.29, 1.82) is 0 Å². The first-order chi connectivity index (χ1) is 11.7. The summed E-state index contributed by atoms with van der Waals surface area (Å²) in [4.78, 5) is 19.4. The molecule has 24 heavy (non-hydrogen) atoms. The van der Waals surface area contributed by atoms with Crippen LogP contribution in [0.1, 0.15) is 49.8 Å². The van der Waals surface area contributed by atoms with Gasteiger partial charge in [-0.25, -0.2) is 0 Å². The lowest BCUT2D eigenvalue weighted by Crippen LogP contribution is -2.41. The van der Waals surface area contributed by atoms with Gasteiger partial charge in [0.2, 0.25) is 5.91 Å². The molecule has 1 amide bonds. The second-order valence-corrected chi connectivity index (χ2v) is 6.66. The zero-order chi connectivity index (χ0) is 16.8. The summed E-state index contributed by atoms with van der Waals surface area (Å²) in [6.07, 6.45) is 12.9. The van der Waals surface area contributed by atoms with Gasteiger partial charge < -0.3 is 4.90 Å². The number of hydrogen-bond donors (Lipinski definition) is 0. The molecule has 0 unspecified atom stereocenters. The van der Waals surface area contributed by atoms with E-state index in [0.29, 0.717) is 19.0 Å². The molecule has 1 fully saturated rings. The highest BCUT2D eigenvalue weighted by Crippen LogP contribution is 2.24. The van der Waals surface area contributed by atoms with Crippen LogP contribution in [-0.2, 0) is 24.8 Å². The van der Waals surface area contributed by atoms with Crippen molar-refractivity contribution in [1.82, 2.24) is 19.7 Å². The SMILES string of the molecule is Cn1cc(CCC(=O)N(Cc2ccccn2)C2CCCCC2)cn1. The zero-order valence-corrected chi connectivity index (χ0v) is 14.4. The number of aromatic nitrogens is 3. The van der Waals surface area contributed by atoms with Gasteiger partial charge >= 0.3 is 0 Å². The number of pyridine rings is 1. The summed E-state index contributed by atoms with van der Waals surface area (Å²) in [5.74, 6) is 0.233. The van der Waals surface area contributed by atoms with Crippen molar-refractivity contribution >= 4 is 5.91 Å². The third-order valence-electron chi connectivity index (χ3n) is 4.78. The molecule has 0 N–H and O–H groups in total. The topological polar surface area (TPSA) is 51.0 Å². The van der Waals surface area contributed by atoms with Crippen LogP contribution in [-0.4, -0.2) is 31.6 Å². The van der Waals surface area contributed by atoms with Gasteiger partial charge in [-0.2, -0.15) is 5.10 Å². The Morgan fingerprint density at radius 3 is 2.79 bits per heavy atom. The molecule has 0 atom stereocenters. The molecule has 3 rings (SSSR count). The lowest BCUT2D eigenvalue weighted by molar-refractivity contribution is -0.135. The third-order valence-corrected chi connectivity index (χ3v) is 4.78. The number of carbonyl (C=O) groups is 1. The van der Waals surface area contributed by atoms with E-state index in [1.54, 1.807) is 10.9 Å². The van der Waals surface area contributed by atoms with Gasteiger partial charge in [0.15, 0.2) is 0 Å². The summed E-state index contributed by atoms with van der Waals surface area (Å²) in [7, 11) is 1.90. The molecule has 1 saturated carbocycles. The Bertz CT molecular complexity index is 646. The molecule has 0 radical (unpaired) electrons. The first-order valence-corrected chi connectivity index (χ1v) is 8.89. The van der Waals surface area contributed by atoms with Crippen LogP contribution in [0.5, 0.6) is 0 Å². The van der Waals surface area contributed by atoms with E-state index in [1.165, 1.54) is 19.3 Å². The minimum Gasteiger partial charge on any atom is -0.334 e. The first kappa shape index (κ1) is 16.7. The molecule has 5 nitrogen and oxygen atoms in total. The fourth-order valence-electron chi connectivity index (χ4n) is 3.48. The first-order valence-electron chi connectivity index (χ1n) is 8.89. The Balaban J connectivity index is 1.66. The highest BCUT2D eigenvalue weighted by Gasteiger charge is 2.25. The second-order valence-electron chi connectivity index (χ2n) is 6.66. The average molecular weight is 326 g/mol. The molecule has 0 saturated heterocycles. The molecular formula is C19H26N4O. The summed E-state index contributed by atoms with van der Waals surface area (Å²) in [5.41, 5.74) is 2.09. The normalized spacial score (nSPS) is 15.4. The lowest BCUT2D eigenvalue weighted by atomic mass is 9.93. The summed E-state index contributed by atoms with van der Waals surface area (Å²) in [5, 5.41) is 4.18. The van der Waals surface area contributed by atoms with Gasteiger partial charge in [-0.1, -0.05) is 25.3 Å². The maximum Gasteiger partial charge on any atom is 0.223 e. The van der Waals surface area contributed by atoms with Crippen molar-refractivity contribution < 1.29 is 4.79 Å². The molecule has 2 aromatic rings. The number of carbonyl (C=O) groups excluding carboxylic acids is 1. The smallest absolute Gasteiger partial charge is 0.223 e. The number of hydrogen-bond acceptors (Lipinski definition) is 3. The summed E-state index contributed by atoms with van der Waals surface area (Å²) in [6, 6.07) is 6.27. The van der Waals surface area contributed by atoms with E-state index in [-0.39, 0.29) is 5.91 Å². The van der Waals surface area contributed by atoms with Gasteiger partial charge in [0.1, 0.15) is 0 Å². The van der Waals surface area contributed by atoms with Gasteiger partial charge in [-0.15, -0.1) is 0 Å². The molecule has 0 spiro atoms. The van der Waals surface area contributed by atoms with Crippen molar-refractivity contribution in [2.24, 2.45) is 7.05 Å². The number of rotatable bonds is 6. The minimum absolute atomic E-state index is 0.233. The fourth-order valence-corrected chi connectivity index (χ4v) is 3.48. The predicted molar refractivity (Wildman–Crippen MR) is 93.2 cm³/mol. The van der Waals surface area contributed by atoms with Gasteiger partial charge in [0, 0.05) is 31.9 Å². The van der Waals surface area contributed by atoms with Crippen LogP contribution in [0.4, 0.5) is 0 Å². The lowest BCUT2D eigenvalue weighted by Gasteiger charge is -2.34. The van der Waals surface area contributed by atoms with Crippen LogP contribution in [0.15, 0.2) is 36.8 Å². The zero-order valence-electron chi connectivity index (χ0n) is 14.4. The Morgan fingerprint density at radius 2 is 2.12 bits per heavy atom. The van der Waals surface area contributed by atoms with Crippen molar-refractivity contribution in [3.05, 3.63) is 48.0 Å². The number of aryl methyl sites for hydroxylation is 2. The Kier molecular flexibility index (Phi) is 5.62. The minimum atomic E-state index is 0.233. The molecule has 0 aromatic carbocycles. The predicted octanol–water partition coefficient (Wildman–Crippen LogP) is 3.11. The van der Waals surface area contributed by atoms with E-state index in [4.69, 9.17) is 0 Å². The molecule has 0 bridgehead atoms. The van der Waals surface area contributed by atoms with Crippen molar-refractivity contribution in [2.75, 3.05) is 0 Å². The molecule has 1 aliphatic carbocycles. The molecule has 128 valence electrons. The molecule has 2 aromatic heterocycles. The van der Waals surface area contributed by atoms with Crippen LogP contribution < -0.4 is 0 Å². The van der Waals surface area contributed by atoms with E-state index in [1.807, 2.05) is 37.6 Å². The Hall–Kier alpha value is -2.17. The van der Waals surface area contributed by atoms with Crippen molar-refractivity contribution in [2.45, 2.75) is 57.5 Å². The van der Waals surface area contributed by atoms with E-state index in [0.717, 1.165) is 30.5 Å². The molecule has 1 aliphatic rings. The molecular weight excluding hydrogens is 300 g/mol. The average Bonchev–Trinajstić information content (AvgIpc) is 3.04. The van der Waals surface area contributed by atoms with Crippen molar-refractivity contribution in [3.63, 3.8) is 0 Å². The van der Waals surface area contributed by atoms with E-state index < -0.39 is 0 Å². The van der Waals surface area contributed by atoms with Crippen LogP contribution in [0.25, 0.3) is 0 Å². The van der Waals surface area contributed by atoms with Crippen LogP contribution in [0, 0.1) is 0 Å². The second kappa shape index (κ2) is 8.08. The summed E-state index contributed by atoms with van der Waals surface area (Å²) < 4.78 is 1.78. The van der Waals surface area contributed by atoms with Gasteiger partial charge in [-0.05, 0) is 37.0 Å². The van der Waals surface area contributed by atoms with Crippen molar-refractivity contribution in [3.8, 4) is 0 Å². The van der Waals surface area contributed by atoms with E-state index in [2.05, 4.69) is 15.0 Å². The third kappa shape index (κ3) is 4.43. The molecule has 5 heteroatoms. The van der Waals surface area contributed by atoms with Crippen LogP contribution in [0.3, 0.4) is 0 Å². The Labute approximate surface area is 143 Å². The maximum atomic E-state index is 12.9. The highest BCUT2D eigenvalue weighted by atomic mass is 16.2.